The molecule has 32 heavy (non-hydrogen) atoms. The zero-order valence-electron chi connectivity index (χ0n) is 16.7. The Hall–Kier alpha value is -2.58. The molecule has 1 heterocycles. The maximum absolute atomic E-state index is 13.0. The van der Waals surface area contributed by atoms with Gasteiger partial charge in [-0.1, -0.05) is 35.9 Å². The van der Waals surface area contributed by atoms with Gasteiger partial charge in [0.1, 0.15) is 12.4 Å². The van der Waals surface area contributed by atoms with Crippen molar-refractivity contribution in [1.82, 2.24) is 0 Å². The quantitative estimate of drug-likeness (QED) is 0.330. The molecule has 0 spiro atoms. The molecule has 0 unspecified atom stereocenters. The lowest BCUT2D eigenvalue weighted by Crippen LogP contribution is -2.06. The van der Waals surface area contributed by atoms with Gasteiger partial charge in [0, 0.05) is 16.8 Å². The summed E-state index contributed by atoms with van der Waals surface area (Å²) in [6.45, 7) is 2.40. The van der Waals surface area contributed by atoms with E-state index in [0.29, 0.717) is 38.0 Å². The fraction of sp³-hybridized carbons (Fsp3) is 0.125. The summed E-state index contributed by atoms with van der Waals surface area (Å²) in [5.74, 6) is 0.157. The van der Waals surface area contributed by atoms with Crippen molar-refractivity contribution >= 4 is 55.1 Å². The molecule has 3 nitrogen and oxygen atoms in total. The van der Waals surface area contributed by atoms with Gasteiger partial charge < -0.3 is 10.1 Å². The topological polar surface area (TPSA) is 38.3 Å². The third-order valence-corrected chi connectivity index (χ3v) is 6.14. The maximum atomic E-state index is 13.0. The maximum Gasteiger partial charge on any atom is 0.416 e. The molecule has 0 atom stereocenters. The lowest BCUT2D eigenvalue weighted by molar-refractivity contribution is -0.137. The van der Waals surface area contributed by atoms with Crippen LogP contribution in [0.3, 0.4) is 0 Å². The number of aryl methyl sites for hydroxylation is 1. The van der Waals surface area contributed by atoms with Crippen molar-refractivity contribution < 1.29 is 22.7 Å². The normalized spacial score (nSPS) is 14.4. The zero-order chi connectivity index (χ0) is 23.0. The van der Waals surface area contributed by atoms with Gasteiger partial charge in [-0.15, -0.1) is 0 Å². The van der Waals surface area contributed by atoms with E-state index in [0.717, 1.165) is 17.7 Å². The second-order valence-corrected chi connectivity index (χ2v) is 9.07. The highest BCUT2D eigenvalue weighted by Gasteiger charge is 2.33. The molecule has 3 aromatic rings. The van der Waals surface area contributed by atoms with Gasteiger partial charge in [0.05, 0.1) is 14.5 Å². The number of benzene rings is 3. The molecule has 1 aliphatic heterocycles. The molecule has 0 saturated carbocycles. The molecule has 8 heteroatoms. The van der Waals surface area contributed by atoms with Crippen LogP contribution >= 0.6 is 31.9 Å². The molecule has 1 amide bonds. The van der Waals surface area contributed by atoms with Gasteiger partial charge in [0.15, 0.2) is 0 Å². The second kappa shape index (κ2) is 8.75. The van der Waals surface area contributed by atoms with E-state index in [9.17, 15) is 18.0 Å². The van der Waals surface area contributed by atoms with E-state index in [1.54, 1.807) is 18.2 Å². The second-order valence-electron chi connectivity index (χ2n) is 7.36. The van der Waals surface area contributed by atoms with Gasteiger partial charge in [-0.2, -0.15) is 13.2 Å². The summed E-state index contributed by atoms with van der Waals surface area (Å²) in [5, 5.41) is 2.51. The highest BCUT2D eigenvalue weighted by molar-refractivity contribution is 9.11. The number of fused-ring (bicyclic) bond motifs is 1. The first-order chi connectivity index (χ1) is 15.1. The summed E-state index contributed by atoms with van der Waals surface area (Å²) in [4.78, 5) is 12.4. The van der Waals surface area contributed by atoms with Crippen LogP contribution in [0.1, 0.15) is 27.8 Å². The minimum absolute atomic E-state index is 0.146. The number of halogens is 5. The van der Waals surface area contributed by atoms with Gasteiger partial charge in [0.25, 0.3) is 5.91 Å². The molecule has 0 aliphatic carbocycles. The van der Waals surface area contributed by atoms with Crippen LogP contribution in [0.4, 0.5) is 18.9 Å². The Morgan fingerprint density at radius 2 is 1.66 bits per heavy atom. The SMILES string of the molecule is Cc1ccc(COc2c(Br)cc(/C=C3\C(=O)Nc4cc(C(F)(F)F)ccc43)cc2Br)cc1. The number of alkyl halides is 3. The van der Waals surface area contributed by atoms with Gasteiger partial charge in [-0.3, -0.25) is 4.79 Å². The number of anilines is 1. The van der Waals surface area contributed by atoms with Crippen LogP contribution in [0.25, 0.3) is 11.6 Å². The highest BCUT2D eigenvalue weighted by Crippen LogP contribution is 2.40. The number of hydrogen-bond acceptors (Lipinski definition) is 2. The van der Waals surface area contributed by atoms with Gasteiger partial charge in [0.2, 0.25) is 0 Å². The van der Waals surface area contributed by atoms with E-state index in [1.807, 2.05) is 31.2 Å². The minimum Gasteiger partial charge on any atom is -0.487 e. The van der Waals surface area contributed by atoms with Crippen molar-refractivity contribution in [3.05, 3.63) is 91.4 Å². The van der Waals surface area contributed by atoms with Gasteiger partial charge >= 0.3 is 6.18 Å². The molecular formula is C24H16Br2F3NO2. The molecule has 3 aromatic carbocycles. The Labute approximate surface area is 199 Å². The number of nitrogens with one attached hydrogen (secondary N) is 1. The minimum atomic E-state index is -4.48. The summed E-state index contributed by atoms with van der Waals surface area (Å²) >= 11 is 7.00. The van der Waals surface area contributed by atoms with Gasteiger partial charge in [-0.25, -0.2) is 0 Å². The molecule has 1 aliphatic rings. The predicted molar refractivity (Wildman–Crippen MR) is 125 cm³/mol. The monoisotopic (exact) mass is 565 g/mol. The standard InChI is InChI=1S/C24H16Br2F3NO2/c1-13-2-4-14(5-3-13)12-32-22-19(25)9-15(10-20(22)26)8-18-17-7-6-16(24(27,28)29)11-21(17)30-23(18)31/h2-11H,12H2,1H3,(H,30,31)/b18-8-. The molecule has 0 saturated heterocycles. The van der Waals surface area contributed by atoms with Crippen molar-refractivity contribution in [3.8, 4) is 5.75 Å². The average molecular weight is 567 g/mol. The van der Waals surface area contributed by atoms with E-state index < -0.39 is 17.6 Å². The number of rotatable bonds is 4. The van der Waals surface area contributed by atoms with Crippen molar-refractivity contribution in [2.45, 2.75) is 19.7 Å². The number of carbonyl (C=O) groups excluding carboxylic acids is 1. The van der Waals surface area contributed by atoms with E-state index in [-0.39, 0.29) is 5.69 Å². The van der Waals surface area contributed by atoms with Crippen LogP contribution < -0.4 is 10.1 Å². The summed E-state index contributed by atoms with van der Waals surface area (Å²) in [6, 6.07) is 14.8. The van der Waals surface area contributed by atoms with Crippen LogP contribution in [0.15, 0.2) is 63.5 Å². The fourth-order valence-corrected chi connectivity index (χ4v) is 4.77. The van der Waals surface area contributed by atoms with Crippen LogP contribution in [0, 0.1) is 6.92 Å². The molecular weight excluding hydrogens is 551 g/mol. The fourth-order valence-electron chi connectivity index (χ4n) is 3.32. The van der Waals surface area contributed by atoms with Crippen molar-refractivity contribution in [3.63, 3.8) is 0 Å². The van der Waals surface area contributed by atoms with E-state index in [2.05, 4.69) is 37.2 Å². The van der Waals surface area contributed by atoms with E-state index >= 15 is 0 Å². The Kier molecular flexibility index (Phi) is 6.18. The third-order valence-electron chi connectivity index (χ3n) is 4.97. The summed E-state index contributed by atoms with van der Waals surface area (Å²) in [5.41, 5.74) is 2.93. The Bertz CT molecular complexity index is 1210. The largest absolute Gasteiger partial charge is 0.487 e. The zero-order valence-corrected chi connectivity index (χ0v) is 19.9. The van der Waals surface area contributed by atoms with Crippen molar-refractivity contribution in [1.29, 1.82) is 0 Å². The van der Waals surface area contributed by atoms with Crippen molar-refractivity contribution in [2.75, 3.05) is 5.32 Å². The summed E-state index contributed by atoms with van der Waals surface area (Å²) in [7, 11) is 0. The van der Waals surface area contributed by atoms with Crippen molar-refractivity contribution in [2.24, 2.45) is 0 Å². The average Bonchev–Trinajstić information content (AvgIpc) is 3.02. The third kappa shape index (κ3) is 4.76. The summed E-state index contributed by atoms with van der Waals surface area (Å²) < 4.78 is 46.2. The first kappa shape index (κ1) is 22.6. The van der Waals surface area contributed by atoms with Crippen LogP contribution in [0.2, 0.25) is 0 Å². The smallest absolute Gasteiger partial charge is 0.416 e. The van der Waals surface area contributed by atoms with Gasteiger partial charge in [-0.05, 0) is 80.3 Å². The van der Waals surface area contributed by atoms with Crippen LogP contribution in [-0.4, -0.2) is 5.91 Å². The molecule has 1 N–H and O–H groups in total. The lowest BCUT2D eigenvalue weighted by Gasteiger charge is -2.12. The van der Waals surface area contributed by atoms with E-state index in [1.165, 1.54) is 11.6 Å². The number of carbonyl (C=O) groups is 1. The Morgan fingerprint density at radius 1 is 1.00 bits per heavy atom. The number of amides is 1. The lowest BCUT2D eigenvalue weighted by atomic mass is 10.0. The molecule has 164 valence electrons. The van der Waals surface area contributed by atoms with Crippen LogP contribution in [0.5, 0.6) is 5.75 Å². The predicted octanol–water partition coefficient (Wildman–Crippen LogP) is 7.61. The molecule has 0 fully saturated rings. The first-order valence-corrected chi connectivity index (χ1v) is 11.1. The molecule has 4 rings (SSSR count). The molecule has 0 aromatic heterocycles. The molecule has 0 bridgehead atoms. The first-order valence-electron chi connectivity index (χ1n) is 9.54. The van der Waals surface area contributed by atoms with Crippen LogP contribution in [-0.2, 0) is 17.6 Å². The Balaban J connectivity index is 1.60. The number of ether oxygens (including phenoxy) is 1. The summed E-state index contributed by atoms with van der Waals surface area (Å²) in [6.07, 6.45) is -2.84. The number of hydrogen-bond donors (Lipinski definition) is 1. The Morgan fingerprint density at radius 3 is 2.28 bits per heavy atom. The highest BCUT2D eigenvalue weighted by atomic mass is 79.9. The molecule has 0 radical (unpaired) electrons. The van der Waals surface area contributed by atoms with E-state index in [4.69, 9.17) is 4.74 Å².